The molecule has 0 fully saturated rings. The van der Waals surface area contributed by atoms with Gasteiger partial charge in [0.2, 0.25) is 0 Å². The number of nitrogens with one attached hydrogen (secondary N) is 2. The number of H-pyrrole nitrogens is 1. The van der Waals surface area contributed by atoms with Crippen LogP contribution < -0.4 is 4.72 Å². The summed E-state index contributed by atoms with van der Waals surface area (Å²) >= 11 is 0. The van der Waals surface area contributed by atoms with Crippen molar-refractivity contribution < 1.29 is 18.3 Å². The van der Waals surface area contributed by atoms with Crippen molar-refractivity contribution in [3.63, 3.8) is 0 Å². The van der Waals surface area contributed by atoms with E-state index in [9.17, 15) is 13.2 Å². The SMILES string of the molecule is O=C(O)c1nccnc1NS(=O)(=O)c1ccn[nH]1. The Balaban J connectivity index is 2.39. The van der Waals surface area contributed by atoms with E-state index in [1.165, 1.54) is 18.5 Å². The maximum absolute atomic E-state index is 11.8. The lowest BCUT2D eigenvalue weighted by atomic mass is 10.4. The van der Waals surface area contributed by atoms with Crippen LogP contribution in [0.2, 0.25) is 0 Å². The summed E-state index contributed by atoms with van der Waals surface area (Å²) in [7, 11) is -3.96. The standard InChI is InChI=1S/C8H7N5O4S/c14-8(15)6-7(10-4-3-9-6)13-18(16,17)5-1-2-11-12-5/h1-4H,(H,10,13)(H,11,12)(H,14,15). The molecule has 94 valence electrons. The van der Waals surface area contributed by atoms with Crippen molar-refractivity contribution in [1.82, 2.24) is 20.2 Å². The number of aromatic amines is 1. The third-order valence-electron chi connectivity index (χ3n) is 1.90. The Bertz CT molecular complexity index is 667. The smallest absolute Gasteiger partial charge is 0.358 e. The van der Waals surface area contributed by atoms with Gasteiger partial charge in [-0.25, -0.2) is 14.8 Å². The zero-order valence-electron chi connectivity index (χ0n) is 8.73. The quantitative estimate of drug-likeness (QED) is 0.692. The van der Waals surface area contributed by atoms with Gasteiger partial charge in [0.15, 0.2) is 16.5 Å². The van der Waals surface area contributed by atoms with Gasteiger partial charge in [0.05, 0.1) is 6.20 Å². The highest BCUT2D eigenvalue weighted by Crippen LogP contribution is 2.14. The Morgan fingerprint density at radius 2 is 2.00 bits per heavy atom. The van der Waals surface area contributed by atoms with E-state index in [1.807, 2.05) is 4.72 Å². The van der Waals surface area contributed by atoms with Gasteiger partial charge in [-0.15, -0.1) is 0 Å². The average Bonchev–Trinajstić information content (AvgIpc) is 2.83. The van der Waals surface area contributed by atoms with Crippen molar-refractivity contribution in [2.45, 2.75) is 5.03 Å². The highest BCUT2D eigenvalue weighted by molar-refractivity contribution is 7.92. The number of aromatic nitrogens is 4. The molecular weight excluding hydrogens is 262 g/mol. The number of carbonyl (C=O) groups is 1. The molecule has 0 saturated heterocycles. The number of rotatable bonds is 4. The Hall–Kier alpha value is -2.49. The summed E-state index contributed by atoms with van der Waals surface area (Å²) in [6, 6.07) is 1.22. The Labute approximate surface area is 101 Å². The van der Waals surface area contributed by atoms with Crippen LogP contribution in [0.1, 0.15) is 10.5 Å². The molecule has 0 aliphatic rings. The second-order valence-corrected chi connectivity index (χ2v) is 4.74. The van der Waals surface area contributed by atoms with Crippen molar-refractivity contribution in [2.24, 2.45) is 0 Å². The van der Waals surface area contributed by atoms with E-state index in [1.54, 1.807) is 0 Å². The average molecular weight is 269 g/mol. The number of sulfonamides is 1. The third kappa shape index (κ3) is 2.27. The first-order valence-electron chi connectivity index (χ1n) is 4.57. The van der Waals surface area contributed by atoms with Crippen LogP contribution in [-0.2, 0) is 10.0 Å². The molecule has 0 aliphatic carbocycles. The minimum atomic E-state index is -3.96. The number of hydrogen-bond acceptors (Lipinski definition) is 6. The maximum Gasteiger partial charge on any atom is 0.358 e. The fourth-order valence-electron chi connectivity index (χ4n) is 1.14. The molecule has 2 heterocycles. The highest BCUT2D eigenvalue weighted by atomic mass is 32.2. The molecule has 0 radical (unpaired) electrons. The lowest BCUT2D eigenvalue weighted by Gasteiger charge is -2.06. The Morgan fingerprint density at radius 1 is 1.28 bits per heavy atom. The van der Waals surface area contributed by atoms with Crippen molar-refractivity contribution in [3.8, 4) is 0 Å². The summed E-state index contributed by atoms with van der Waals surface area (Å²) in [5.41, 5.74) is -0.486. The van der Waals surface area contributed by atoms with Crippen molar-refractivity contribution in [1.29, 1.82) is 0 Å². The second kappa shape index (κ2) is 4.41. The van der Waals surface area contributed by atoms with Gasteiger partial charge in [-0.2, -0.15) is 13.5 Å². The van der Waals surface area contributed by atoms with Crippen LogP contribution in [0.3, 0.4) is 0 Å². The number of anilines is 1. The largest absolute Gasteiger partial charge is 0.476 e. The predicted molar refractivity (Wildman–Crippen MR) is 58.4 cm³/mol. The van der Waals surface area contributed by atoms with Gasteiger partial charge in [0.1, 0.15) is 0 Å². The molecule has 0 aliphatic heterocycles. The number of nitrogens with zero attached hydrogens (tertiary/aromatic N) is 3. The van der Waals surface area contributed by atoms with Crippen LogP contribution in [0.4, 0.5) is 5.82 Å². The first-order chi connectivity index (χ1) is 8.50. The molecule has 0 unspecified atom stereocenters. The van der Waals surface area contributed by atoms with Crippen LogP contribution >= 0.6 is 0 Å². The molecule has 0 spiro atoms. The molecule has 9 nitrogen and oxygen atoms in total. The van der Waals surface area contributed by atoms with Gasteiger partial charge in [-0.3, -0.25) is 9.82 Å². The fourth-order valence-corrected chi connectivity index (χ4v) is 2.07. The molecule has 2 rings (SSSR count). The van der Waals surface area contributed by atoms with Crippen LogP contribution in [0.5, 0.6) is 0 Å². The Morgan fingerprint density at radius 3 is 2.61 bits per heavy atom. The normalized spacial score (nSPS) is 11.1. The summed E-state index contributed by atoms with van der Waals surface area (Å²) in [6.45, 7) is 0. The predicted octanol–water partition coefficient (Wildman–Crippen LogP) is -0.301. The monoisotopic (exact) mass is 269 g/mol. The van der Waals surface area contributed by atoms with Gasteiger partial charge >= 0.3 is 5.97 Å². The van der Waals surface area contributed by atoms with E-state index >= 15 is 0 Å². The molecule has 0 amide bonds. The first kappa shape index (κ1) is 12.0. The second-order valence-electron chi connectivity index (χ2n) is 3.09. The van der Waals surface area contributed by atoms with E-state index in [0.717, 1.165) is 6.20 Å². The van der Waals surface area contributed by atoms with E-state index in [4.69, 9.17) is 5.11 Å². The molecule has 2 aromatic heterocycles. The lowest BCUT2D eigenvalue weighted by molar-refractivity contribution is 0.0691. The summed E-state index contributed by atoms with van der Waals surface area (Å²) in [5.74, 6) is -1.75. The Kier molecular flexibility index (Phi) is 2.93. The molecule has 0 aromatic carbocycles. The van der Waals surface area contributed by atoms with Crippen molar-refractivity contribution in [2.75, 3.05) is 4.72 Å². The number of hydrogen-bond donors (Lipinski definition) is 3. The third-order valence-corrected chi connectivity index (χ3v) is 3.17. The minimum absolute atomic E-state index is 0.204. The minimum Gasteiger partial charge on any atom is -0.476 e. The zero-order valence-corrected chi connectivity index (χ0v) is 9.55. The van der Waals surface area contributed by atoms with Crippen LogP contribution in [-0.4, -0.2) is 39.7 Å². The number of carboxylic acids is 1. The van der Waals surface area contributed by atoms with Crippen LogP contribution in [0.25, 0.3) is 0 Å². The molecule has 3 N–H and O–H groups in total. The van der Waals surface area contributed by atoms with Gasteiger partial charge in [-0.05, 0) is 6.07 Å². The molecule has 0 saturated carbocycles. The lowest BCUT2D eigenvalue weighted by Crippen LogP contribution is -2.18. The molecule has 2 aromatic rings. The van der Waals surface area contributed by atoms with Crippen LogP contribution in [0.15, 0.2) is 29.7 Å². The summed E-state index contributed by atoms with van der Waals surface area (Å²) in [5, 5.41) is 14.4. The number of aromatic carboxylic acids is 1. The van der Waals surface area contributed by atoms with Gasteiger partial charge in [0.25, 0.3) is 10.0 Å². The van der Waals surface area contributed by atoms with Crippen molar-refractivity contribution >= 4 is 21.8 Å². The van der Waals surface area contributed by atoms with Crippen LogP contribution in [0, 0.1) is 0 Å². The molecule has 18 heavy (non-hydrogen) atoms. The summed E-state index contributed by atoms with van der Waals surface area (Å²) in [6.07, 6.45) is 3.58. The van der Waals surface area contributed by atoms with E-state index < -0.39 is 21.7 Å². The van der Waals surface area contributed by atoms with E-state index in [0.29, 0.717) is 0 Å². The number of carboxylic acid groups (broad SMARTS) is 1. The maximum atomic E-state index is 11.8. The van der Waals surface area contributed by atoms with Gasteiger partial charge in [0, 0.05) is 12.4 Å². The zero-order chi connectivity index (χ0) is 13.2. The van der Waals surface area contributed by atoms with Gasteiger partial charge in [-0.1, -0.05) is 0 Å². The van der Waals surface area contributed by atoms with E-state index in [2.05, 4.69) is 20.2 Å². The molecule has 10 heteroatoms. The molecule has 0 atom stereocenters. The van der Waals surface area contributed by atoms with Gasteiger partial charge < -0.3 is 5.11 Å². The summed E-state index contributed by atoms with van der Waals surface area (Å²) < 4.78 is 25.6. The van der Waals surface area contributed by atoms with E-state index in [-0.39, 0.29) is 10.8 Å². The fraction of sp³-hybridized carbons (Fsp3) is 0. The van der Waals surface area contributed by atoms with Crippen molar-refractivity contribution in [3.05, 3.63) is 30.4 Å². The molecular formula is C8H7N5O4S. The first-order valence-corrected chi connectivity index (χ1v) is 6.05. The topological polar surface area (TPSA) is 138 Å². The highest BCUT2D eigenvalue weighted by Gasteiger charge is 2.21. The summed E-state index contributed by atoms with van der Waals surface area (Å²) in [4.78, 5) is 18.0. The molecule has 0 bridgehead atoms.